The molecule has 1 amide bonds. The molecule has 34 heavy (non-hydrogen) atoms. The number of nitrogens with one attached hydrogen (secondary N) is 1. The Kier molecular flexibility index (Phi) is 7.22. The van der Waals surface area contributed by atoms with Gasteiger partial charge in [-0.25, -0.2) is 4.79 Å². The summed E-state index contributed by atoms with van der Waals surface area (Å²) in [6, 6.07) is 14.9. The van der Waals surface area contributed by atoms with Crippen LogP contribution in [0.1, 0.15) is 72.6 Å². The molecule has 4 rings (SSSR count). The van der Waals surface area contributed by atoms with Crippen LogP contribution < -0.4 is 5.32 Å². The quantitative estimate of drug-likeness (QED) is 0.393. The summed E-state index contributed by atoms with van der Waals surface area (Å²) >= 11 is 1.37. The molecule has 1 aliphatic carbocycles. The minimum atomic E-state index is -0.429. The lowest BCUT2D eigenvalue weighted by Gasteiger charge is -2.19. The van der Waals surface area contributed by atoms with Crippen LogP contribution in [0.25, 0.3) is 11.1 Å². The van der Waals surface area contributed by atoms with E-state index in [4.69, 9.17) is 4.74 Å². The van der Waals surface area contributed by atoms with Crippen LogP contribution in [-0.4, -0.2) is 19.0 Å². The van der Waals surface area contributed by atoms with Crippen LogP contribution in [0.4, 0.5) is 5.00 Å². The molecule has 0 unspecified atom stereocenters. The van der Waals surface area contributed by atoms with Gasteiger partial charge < -0.3 is 10.1 Å². The fourth-order valence-corrected chi connectivity index (χ4v) is 5.46. The smallest absolute Gasteiger partial charge is 0.341 e. The highest BCUT2D eigenvalue weighted by molar-refractivity contribution is 7.15. The van der Waals surface area contributed by atoms with Gasteiger partial charge in [0.15, 0.2) is 0 Å². The van der Waals surface area contributed by atoms with E-state index < -0.39 is 5.97 Å². The molecule has 0 saturated carbocycles. The summed E-state index contributed by atoms with van der Waals surface area (Å²) in [5, 5.41) is 5.45. The summed E-state index contributed by atoms with van der Waals surface area (Å²) in [6.07, 6.45) is 5.61. The minimum absolute atomic E-state index is 0.106. The summed E-state index contributed by atoms with van der Waals surface area (Å²) < 4.78 is 5.08. The van der Waals surface area contributed by atoms with Crippen LogP contribution in [0.3, 0.4) is 0 Å². The van der Waals surface area contributed by atoms with E-state index in [0.29, 0.717) is 23.4 Å². The molecule has 4 nitrogen and oxygen atoms in total. The molecule has 0 atom stereocenters. The summed E-state index contributed by atoms with van der Waals surface area (Å²) in [6.45, 7) is 6.56. The average molecular weight is 476 g/mol. The van der Waals surface area contributed by atoms with Gasteiger partial charge >= 0.3 is 5.97 Å². The largest absolute Gasteiger partial charge is 0.465 e. The standard InChI is InChI=1S/C29H33NO3S/c1-29(2,3)23-14-9-19(10-15-23)11-16-25(31)30-27-26(28(32)33-4)24(18-34-27)22-13-12-20-7-5-6-8-21(20)17-22/h9-10,12-15,17-18H,5-8,11,16H2,1-4H3,(H,30,31). The zero-order chi connectivity index (χ0) is 24.3. The Morgan fingerprint density at radius 1 is 1.00 bits per heavy atom. The first-order valence-corrected chi connectivity index (χ1v) is 12.9. The third kappa shape index (κ3) is 5.41. The van der Waals surface area contributed by atoms with Crippen LogP contribution in [0.5, 0.6) is 0 Å². The maximum absolute atomic E-state index is 12.8. The van der Waals surface area contributed by atoms with Crippen LogP contribution in [0, 0.1) is 0 Å². The van der Waals surface area contributed by atoms with Gasteiger partial charge in [-0.05, 0) is 65.3 Å². The number of rotatable bonds is 6. The molecule has 5 heteroatoms. The third-order valence-electron chi connectivity index (χ3n) is 6.55. The number of hydrogen-bond acceptors (Lipinski definition) is 4. The molecule has 0 aliphatic heterocycles. The lowest BCUT2D eigenvalue weighted by molar-refractivity contribution is -0.116. The van der Waals surface area contributed by atoms with Crippen molar-refractivity contribution in [1.29, 1.82) is 0 Å². The number of methoxy groups -OCH3 is 1. The maximum Gasteiger partial charge on any atom is 0.341 e. The first-order valence-electron chi connectivity index (χ1n) is 12.0. The first-order chi connectivity index (χ1) is 16.3. The number of aryl methyl sites for hydroxylation is 3. The number of thiophene rings is 1. The number of esters is 1. The van der Waals surface area contributed by atoms with Gasteiger partial charge in [-0.3, -0.25) is 4.79 Å². The fraction of sp³-hybridized carbons (Fsp3) is 0.379. The number of amides is 1. The molecule has 0 radical (unpaired) electrons. The number of anilines is 1. The number of carbonyl (C=O) groups is 2. The van der Waals surface area contributed by atoms with Crippen molar-refractivity contribution in [1.82, 2.24) is 0 Å². The zero-order valence-electron chi connectivity index (χ0n) is 20.5. The molecule has 0 saturated heterocycles. The average Bonchev–Trinajstić information content (AvgIpc) is 3.25. The monoisotopic (exact) mass is 475 g/mol. The molecular formula is C29H33NO3S. The van der Waals surface area contributed by atoms with Gasteiger partial charge in [0.1, 0.15) is 10.6 Å². The van der Waals surface area contributed by atoms with E-state index in [0.717, 1.165) is 29.5 Å². The van der Waals surface area contributed by atoms with E-state index in [1.165, 1.54) is 48.0 Å². The highest BCUT2D eigenvalue weighted by atomic mass is 32.1. The van der Waals surface area contributed by atoms with Crippen LogP contribution in [0.15, 0.2) is 47.8 Å². The maximum atomic E-state index is 12.8. The molecule has 0 bridgehead atoms. The van der Waals surface area contributed by atoms with Gasteiger partial charge in [-0.2, -0.15) is 0 Å². The topological polar surface area (TPSA) is 55.4 Å². The van der Waals surface area contributed by atoms with Crippen LogP contribution in [0.2, 0.25) is 0 Å². The van der Waals surface area contributed by atoms with Gasteiger partial charge in [0.2, 0.25) is 5.91 Å². The third-order valence-corrected chi connectivity index (χ3v) is 7.45. The first kappa shape index (κ1) is 24.2. The summed E-state index contributed by atoms with van der Waals surface area (Å²) in [5.74, 6) is -0.536. The molecule has 178 valence electrons. The van der Waals surface area contributed by atoms with Crippen molar-refractivity contribution in [2.45, 2.75) is 64.7 Å². The second-order valence-corrected chi connectivity index (χ2v) is 10.9. The normalized spacial score (nSPS) is 13.3. The van der Waals surface area contributed by atoms with E-state index in [1.54, 1.807) is 0 Å². The Morgan fingerprint density at radius 2 is 1.71 bits per heavy atom. The van der Waals surface area contributed by atoms with Gasteiger partial charge in [0.25, 0.3) is 0 Å². The molecule has 1 aliphatic rings. The predicted molar refractivity (Wildman–Crippen MR) is 140 cm³/mol. The lowest BCUT2D eigenvalue weighted by atomic mass is 9.86. The number of carbonyl (C=O) groups excluding carboxylic acids is 2. The molecular weight excluding hydrogens is 442 g/mol. The molecule has 1 N–H and O–H groups in total. The van der Waals surface area contributed by atoms with Crippen molar-refractivity contribution in [2.75, 3.05) is 12.4 Å². The van der Waals surface area contributed by atoms with Crippen LogP contribution in [-0.2, 0) is 34.2 Å². The van der Waals surface area contributed by atoms with E-state index in [1.807, 2.05) is 5.38 Å². The Labute approximate surface area is 206 Å². The second kappa shape index (κ2) is 10.1. The van der Waals surface area contributed by atoms with Gasteiger partial charge in [-0.1, -0.05) is 63.2 Å². The number of benzene rings is 2. The van der Waals surface area contributed by atoms with Crippen molar-refractivity contribution in [3.63, 3.8) is 0 Å². The van der Waals surface area contributed by atoms with Crippen molar-refractivity contribution in [3.8, 4) is 11.1 Å². The van der Waals surface area contributed by atoms with Crippen molar-refractivity contribution in [2.24, 2.45) is 0 Å². The van der Waals surface area contributed by atoms with Crippen molar-refractivity contribution >= 4 is 28.2 Å². The predicted octanol–water partition coefficient (Wildman–Crippen LogP) is 6.95. The highest BCUT2D eigenvalue weighted by Crippen LogP contribution is 2.38. The summed E-state index contributed by atoms with van der Waals surface area (Å²) in [7, 11) is 1.38. The molecule has 0 spiro atoms. The molecule has 2 aromatic carbocycles. The van der Waals surface area contributed by atoms with E-state index >= 15 is 0 Å². The summed E-state index contributed by atoms with van der Waals surface area (Å²) in [4.78, 5) is 25.4. The molecule has 1 aromatic heterocycles. The molecule has 0 fully saturated rings. The Bertz CT molecular complexity index is 1190. The summed E-state index contributed by atoms with van der Waals surface area (Å²) in [5.41, 5.74) is 7.51. The molecule has 3 aromatic rings. The lowest BCUT2D eigenvalue weighted by Crippen LogP contribution is -2.15. The Balaban J connectivity index is 1.49. The van der Waals surface area contributed by atoms with Crippen molar-refractivity contribution < 1.29 is 14.3 Å². The minimum Gasteiger partial charge on any atom is -0.465 e. The Morgan fingerprint density at radius 3 is 2.38 bits per heavy atom. The molecule has 1 heterocycles. The van der Waals surface area contributed by atoms with Gasteiger partial charge in [0, 0.05) is 17.4 Å². The van der Waals surface area contributed by atoms with Crippen LogP contribution >= 0.6 is 11.3 Å². The van der Waals surface area contributed by atoms with E-state index in [2.05, 4.69) is 68.6 Å². The number of hydrogen-bond donors (Lipinski definition) is 1. The number of ether oxygens (including phenoxy) is 1. The van der Waals surface area contributed by atoms with Gasteiger partial charge in [-0.15, -0.1) is 11.3 Å². The fourth-order valence-electron chi connectivity index (χ4n) is 4.49. The van der Waals surface area contributed by atoms with Crippen molar-refractivity contribution in [3.05, 3.63) is 75.7 Å². The van der Waals surface area contributed by atoms with E-state index in [-0.39, 0.29) is 11.3 Å². The Hall–Kier alpha value is -2.92. The van der Waals surface area contributed by atoms with Gasteiger partial charge in [0.05, 0.1) is 7.11 Å². The van der Waals surface area contributed by atoms with E-state index in [9.17, 15) is 9.59 Å². The highest BCUT2D eigenvalue weighted by Gasteiger charge is 2.23. The SMILES string of the molecule is COC(=O)c1c(-c2ccc3c(c2)CCCC3)csc1NC(=O)CCc1ccc(C(C)(C)C)cc1. The number of fused-ring (bicyclic) bond motifs is 1. The zero-order valence-corrected chi connectivity index (χ0v) is 21.3. The second-order valence-electron chi connectivity index (χ2n) is 10.0.